The van der Waals surface area contributed by atoms with Crippen LogP contribution < -0.4 is 19.5 Å². The summed E-state index contributed by atoms with van der Waals surface area (Å²) in [4.78, 5) is 10.6. The van der Waals surface area contributed by atoms with Crippen LogP contribution >= 0.6 is 0 Å². The molecule has 0 saturated carbocycles. The summed E-state index contributed by atoms with van der Waals surface area (Å²) in [5.74, 6) is 1.16. The first kappa shape index (κ1) is 23.1. The normalized spacial score (nSPS) is 11.0. The fourth-order valence-corrected chi connectivity index (χ4v) is 3.65. The molecule has 0 spiro atoms. The van der Waals surface area contributed by atoms with Gasteiger partial charge in [0, 0.05) is 47.9 Å². The van der Waals surface area contributed by atoms with Crippen molar-refractivity contribution in [3.8, 4) is 34.2 Å². The van der Waals surface area contributed by atoms with E-state index in [9.17, 15) is 4.39 Å². The van der Waals surface area contributed by atoms with Crippen molar-refractivity contribution < 1.29 is 23.0 Å². The highest BCUT2D eigenvalue weighted by atomic mass is 19.1. The number of furan rings is 1. The number of methoxy groups -OCH3 is 3. The second-order valence-electron chi connectivity index (χ2n) is 7.76. The Morgan fingerprint density at radius 2 is 1.82 bits per heavy atom. The quantitative estimate of drug-likeness (QED) is 0.385. The van der Waals surface area contributed by atoms with Gasteiger partial charge >= 0.3 is 0 Å². The van der Waals surface area contributed by atoms with Gasteiger partial charge in [-0.25, -0.2) is 9.37 Å². The van der Waals surface area contributed by atoms with E-state index >= 15 is 0 Å². The van der Waals surface area contributed by atoms with Crippen LogP contribution in [0.2, 0.25) is 0 Å². The second-order valence-corrected chi connectivity index (χ2v) is 7.76. The van der Waals surface area contributed by atoms with Crippen LogP contribution in [-0.2, 0) is 6.54 Å². The van der Waals surface area contributed by atoms with Gasteiger partial charge in [0.25, 0.3) is 0 Å². The molecule has 4 rings (SSSR count). The van der Waals surface area contributed by atoms with Crippen molar-refractivity contribution in [3.63, 3.8) is 0 Å². The third-order valence-electron chi connectivity index (χ3n) is 5.12. The molecule has 0 radical (unpaired) electrons. The molecule has 3 heterocycles. The van der Waals surface area contributed by atoms with Crippen molar-refractivity contribution in [1.82, 2.24) is 19.4 Å². The minimum atomic E-state index is -0.555. The number of halogens is 1. The summed E-state index contributed by atoms with van der Waals surface area (Å²) < 4.78 is 37.9. The maximum Gasteiger partial charge on any atom is 0.229 e. The van der Waals surface area contributed by atoms with E-state index in [-0.39, 0.29) is 11.8 Å². The molecule has 0 amide bonds. The van der Waals surface area contributed by atoms with Crippen molar-refractivity contribution in [2.45, 2.75) is 6.54 Å². The zero-order valence-corrected chi connectivity index (χ0v) is 19.6. The van der Waals surface area contributed by atoms with Crippen LogP contribution in [0.3, 0.4) is 0 Å². The maximum absolute atomic E-state index is 14.8. The zero-order valence-electron chi connectivity index (χ0n) is 19.6. The molecule has 178 valence electrons. The molecule has 0 aliphatic rings. The molecule has 4 aromatic rings. The van der Waals surface area contributed by atoms with Crippen molar-refractivity contribution in [2.24, 2.45) is 0 Å². The third kappa shape index (κ3) is 4.67. The summed E-state index contributed by atoms with van der Waals surface area (Å²) in [6.07, 6.45) is 8.09. The minimum absolute atomic E-state index is 0.111. The van der Waals surface area contributed by atoms with E-state index in [1.54, 1.807) is 29.2 Å². The summed E-state index contributed by atoms with van der Waals surface area (Å²) in [6.45, 7) is 0.663. The standard InChI is InChI=1S/C24H26FN5O4/c1-29(2)11-16-12-30(13-18(16)15-6-7-34-14-15)23-19(25)10-26-24(28-23)27-17-8-20(31-3)22(33-5)21(9-17)32-4/h6-10,12-14H,11H2,1-5H3,(H,26,27,28). The lowest BCUT2D eigenvalue weighted by molar-refractivity contribution is 0.324. The molecule has 3 aromatic heterocycles. The minimum Gasteiger partial charge on any atom is -0.493 e. The number of aromatic nitrogens is 3. The van der Waals surface area contributed by atoms with E-state index in [2.05, 4.69) is 15.3 Å². The molecular formula is C24H26FN5O4. The number of rotatable bonds is 9. The predicted octanol–water partition coefficient (Wildman–Crippen LogP) is 4.50. The lowest BCUT2D eigenvalue weighted by atomic mass is 10.1. The monoisotopic (exact) mass is 467 g/mol. The highest BCUT2D eigenvalue weighted by Gasteiger charge is 2.17. The molecule has 0 atom stereocenters. The Labute approximate surface area is 196 Å². The Hall–Kier alpha value is -4.05. The van der Waals surface area contributed by atoms with E-state index in [4.69, 9.17) is 18.6 Å². The van der Waals surface area contributed by atoms with Crippen LogP contribution in [0.15, 0.2) is 53.7 Å². The first-order chi connectivity index (χ1) is 16.4. The molecule has 0 fully saturated rings. The van der Waals surface area contributed by atoms with Crippen LogP contribution in [0.4, 0.5) is 16.0 Å². The number of nitrogens with one attached hydrogen (secondary N) is 1. The molecule has 0 aliphatic carbocycles. The molecule has 0 unspecified atom stereocenters. The molecule has 1 aromatic carbocycles. The molecule has 10 heteroatoms. The predicted molar refractivity (Wildman–Crippen MR) is 126 cm³/mol. The first-order valence-electron chi connectivity index (χ1n) is 10.4. The summed E-state index contributed by atoms with van der Waals surface area (Å²) in [7, 11) is 8.54. The number of hydrogen-bond donors (Lipinski definition) is 1. The summed E-state index contributed by atoms with van der Waals surface area (Å²) in [5.41, 5.74) is 3.43. The van der Waals surface area contributed by atoms with Gasteiger partial charge < -0.3 is 33.4 Å². The van der Waals surface area contributed by atoms with Gasteiger partial charge in [0.05, 0.1) is 40.1 Å². The Bertz CT molecular complexity index is 1250. The van der Waals surface area contributed by atoms with E-state index < -0.39 is 5.82 Å². The highest BCUT2D eigenvalue weighted by Crippen LogP contribution is 2.40. The van der Waals surface area contributed by atoms with E-state index in [1.165, 1.54) is 21.3 Å². The number of ether oxygens (including phenoxy) is 3. The van der Waals surface area contributed by atoms with Crippen LogP contribution in [0.1, 0.15) is 5.56 Å². The molecule has 9 nitrogen and oxygen atoms in total. The molecule has 1 N–H and O–H groups in total. The molecule has 0 aliphatic heterocycles. The van der Waals surface area contributed by atoms with E-state index in [0.29, 0.717) is 29.5 Å². The van der Waals surface area contributed by atoms with Gasteiger partial charge in [-0.1, -0.05) is 0 Å². The van der Waals surface area contributed by atoms with Gasteiger partial charge in [-0.3, -0.25) is 0 Å². The largest absolute Gasteiger partial charge is 0.493 e. The fraction of sp³-hybridized carbons (Fsp3) is 0.250. The van der Waals surface area contributed by atoms with Gasteiger partial charge in [0.1, 0.15) is 0 Å². The Balaban J connectivity index is 1.71. The fourth-order valence-electron chi connectivity index (χ4n) is 3.65. The molecule has 0 bridgehead atoms. The van der Waals surface area contributed by atoms with E-state index in [0.717, 1.165) is 22.9 Å². The lowest BCUT2D eigenvalue weighted by Gasteiger charge is -2.15. The molecule has 0 saturated heterocycles. The molecular weight excluding hydrogens is 441 g/mol. The highest BCUT2D eigenvalue weighted by molar-refractivity contribution is 5.67. The summed E-state index contributed by atoms with van der Waals surface area (Å²) in [6, 6.07) is 5.30. The van der Waals surface area contributed by atoms with Crippen LogP contribution in [0, 0.1) is 5.82 Å². The van der Waals surface area contributed by atoms with E-state index in [1.807, 2.05) is 37.5 Å². The van der Waals surface area contributed by atoms with Crippen molar-refractivity contribution >= 4 is 11.6 Å². The first-order valence-corrected chi connectivity index (χ1v) is 10.4. The van der Waals surface area contributed by atoms with Gasteiger partial charge in [0.15, 0.2) is 23.1 Å². The van der Waals surface area contributed by atoms with Crippen LogP contribution in [-0.4, -0.2) is 54.9 Å². The lowest BCUT2D eigenvalue weighted by Crippen LogP contribution is -2.10. The molecule has 34 heavy (non-hydrogen) atoms. The van der Waals surface area contributed by atoms with Gasteiger partial charge in [0.2, 0.25) is 11.7 Å². The number of anilines is 2. The second kappa shape index (κ2) is 9.84. The number of nitrogens with zero attached hydrogens (tertiary/aromatic N) is 4. The van der Waals surface area contributed by atoms with Gasteiger partial charge in [-0.15, -0.1) is 0 Å². The Morgan fingerprint density at radius 3 is 2.41 bits per heavy atom. The Morgan fingerprint density at radius 1 is 1.09 bits per heavy atom. The summed E-state index contributed by atoms with van der Waals surface area (Å²) in [5, 5.41) is 3.08. The zero-order chi connectivity index (χ0) is 24.2. The average molecular weight is 468 g/mol. The average Bonchev–Trinajstić information content (AvgIpc) is 3.49. The van der Waals surface area contributed by atoms with Gasteiger partial charge in [-0.2, -0.15) is 4.98 Å². The van der Waals surface area contributed by atoms with Gasteiger partial charge in [-0.05, 0) is 25.7 Å². The topological polar surface area (TPSA) is 86.8 Å². The number of benzene rings is 1. The van der Waals surface area contributed by atoms with Crippen molar-refractivity contribution in [2.75, 3.05) is 40.7 Å². The third-order valence-corrected chi connectivity index (χ3v) is 5.12. The van der Waals surface area contributed by atoms with Crippen LogP contribution in [0.25, 0.3) is 16.9 Å². The van der Waals surface area contributed by atoms with Crippen molar-refractivity contribution in [1.29, 1.82) is 0 Å². The SMILES string of the molecule is COc1cc(Nc2ncc(F)c(-n3cc(CN(C)C)c(-c4ccoc4)c3)n2)cc(OC)c1OC. The maximum atomic E-state index is 14.8. The number of hydrogen-bond acceptors (Lipinski definition) is 8. The Kier molecular flexibility index (Phi) is 6.69. The van der Waals surface area contributed by atoms with Crippen LogP contribution in [0.5, 0.6) is 17.2 Å². The van der Waals surface area contributed by atoms with Crippen molar-refractivity contribution in [3.05, 3.63) is 60.7 Å². The smallest absolute Gasteiger partial charge is 0.229 e. The summed E-state index contributed by atoms with van der Waals surface area (Å²) >= 11 is 0.